The molecule has 0 saturated heterocycles. The third-order valence-electron chi connectivity index (χ3n) is 4.78. The second-order valence-electron chi connectivity index (χ2n) is 6.87. The third-order valence-corrected chi connectivity index (χ3v) is 5.11. The maximum atomic E-state index is 12.2. The number of pyridine rings is 1. The van der Waals surface area contributed by atoms with Crippen LogP contribution in [-0.2, 0) is 6.61 Å². The van der Waals surface area contributed by atoms with Crippen molar-refractivity contribution in [2.45, 2.75) is 6.61 Å². The average molecular weight is 446 g/mol. The van der Waals surface area contributed by atoms with Crippen LogP contribution in [0.15, 0.2) is 84.1 Å². The minimum absolute atomic E-state index is 0.284. The standard InChI is InChI=1S/C25H20ClN3O3/c1-31-22-12-11-17(15-28-29-25(30)20-8-2-3-9-21(20)26)14-19(22)16-32-23-10-4-6-18-7-5-13-27-24(18)23/h2-15H,16H2,1H3,(H,29,30). The van der Waals surface area contributed by atoms with E-state index < -0.39 is 0 Å². The Hall–Kier alpha value is -3.90. The second kappa shape index (κ2) is 9.94. The number of hydrogen-bond acceptors (Lipinski definition) is 5. The van der Waals surface area contributed by atoms with Crippen molar-refractivity contribution in [1.29, 1.82) is 0 Å². The Balaban J connectivity index is 1.48. The number of rotatable bonds is 7. The van der Waals surface area contributed by atoms with Gasteiger partial charge >= 0.3 is 0 Å². The van der Waals surface area contributed by atoms with Crippen LogP contribution < -0.4 is 14.9 Å². The monoisotopic (exact) mass is 445 g/mol. The summed E-state index contributed by atoms with van der Waals surface area (Å²) >= 11 is 6.05. The van der Waals surface area contributed by atoms with E-state index in [1.54, 1.807) is 43.8 Å². The molecular formula is C25H20ClN3O3. The number of amides is 1. The summed E-state index contributed by atoms with van der Waals surface area (Å²) in [5.74, 6) is 0.999. The summed E-state index contributed by atoms with van der Waals surface area (Å²) in [6, 6.07) is 22.0. The minimum atomic E-state index is -0.382. The number of nitrogens with zero attached hydrogens (tertiary/aromatic N) is 2. The first-order valence-corrected chi connectivity index (χ1v) is 10.2. The molecule has 6 nitrogen and oxygen atoms in total. The van der Waals surface area contributed by atoms with Crippen LogP contribution >= 0.6 is 11.6 Å². The molecule has 0 spiro atoms. The first-order chi connectivity index (χ1) is 15.7. The Labute approximate surface area is 190 Å². The molecule has 0 radical (unpaired) electrons. The van der Waals surface area contributed by atoms with Crippen molar-refractivity contribution < 1.29 is 14.3 Å². The molecule has 0 bridgehead atoms. The number of aromatic nitrogens is 1. The van der Waals surface area contributed by atoms with Gasteiger partial charge in [0.1, 0.15) is 23.6 Å². The van der Waals surface area contributed by atoms with Crippen LogP contribution in [0.1, 0.15) is 21.5 Å². The van der Waals surface area contributed by atoms with Gasteiger partial charge in [0.05, 0.1) is 23.9 Å². The van der Waals surface area contributed by atoms with Gasteiger partial charge in [0, 0.05) is 17.1 Å². The highest BCUT2D eigenvalue weighted by atomic mass is 35.5. The summed E-state index contributed by atoms with van der Waals surface area (Å²) in [6.07, 6.45) is 3.29. The van der Waals surface area contributed by atoms with Gasteiger partial charge in [-0.25, -0.2) is 5.43 Å². The number of carbonyl (C=O) groups is 1. The molecule has 1 heterocycles. The summed E-state index contributed by atoms with van der Waals surface area (Å²) in [5.41, 5.74) is 5.26. The zero-order valence-corrected chi connectivity index (χ0v) is 18.0. The van der Waals surface area contributed by atoms with E-state index in [-0.39, 0.29) is 12.5 Å². The highest BCUT2D eigenvalue weighted by Gasteiger charge is 2.09. The molecule has 3 aromatic carbocycles. The Morgan fingerprint density at radius 1 is 1.06 bits per heavy atom. The molecule has 0 aliphatic heterocycles. The molecule has 32 heavy (non-hydrogen) atoms. The molecule has 1 amide bonds. The fraction of sp³-hybridized carbons (Fsp3) is 0.0800. The number of hydrogen-bond donors (Lipinski definition) is 1. The Morgan fingerprint density at radius 2 is 1.91 bits per heavy atom. The number of ether oxygens (including phenoxy) is 2. The summed E-state index contributed by atoms with van der Waals surface area (Å²) in [5, 5.41) is 5.41. The normalized spacial score (nSPS) is 10.9. The highest BCUT2D eigenvalue weighted by Crippen LogP contribution is 2.26. The number of halogens is 1. The first kappa shape index (κ1) is 21.3. The van der Waals surface area contributed by atoms with E-state index in [4.69, 9.17) is 21.1 Å². The van der Waals surface area contributed by atoms with Crippen LogP contribution in [0.25, 0.3) is 10.9 Å². The van der Waals surface area contributed by atoms with Gasteiger partial charge in [-0.1, -0.05) is 41.9 Å². The molecule has 160 valence electrons. The second-order valence-corrected chi connectivity index (χ2v) is 7.28. The number of methoxy groups -OCH3 is 1. The zero-order chi connectivity index (χ0) is 22.3. The van der Waals surface area contributed by atoms with Gasteiger partial charge in [-0.05, 0) is 48.0 Å². The number of carbonyl (C=O) groups excluding carboxylic acids is 1. The summed E-state index contributed by atoms with van der Waals surface area (Å²) < 4.78 is 11.5. The van der Waals surface area contributed by atoms with Crippen LogP contribution in [0.5, 0.6) is 11.5 Å². The smallest absolute Gasteiger partial charge is 0.272 e. The van der Waals surface area contributed by atoms with Crippen LogP contribution in [0.4, 0.5) is 0 Å². The van der Waals surface area contributed by atoms with E-state index in [1.165, 1.54) is 0 Å². The van der Waals surface area contributed by atoms with Gasteiger partial charge < -0.3 is 9.47 Å². The molecule has 7 heteroatoms. The lowest BCUT2D eigenvalue weighted by Crippen LogP contribution is -2.17. The maximum absolute atomic E-state index is 12.2. The fourth-order valence-corrected chi connectivity index (χ4v) is 3.43. The zero-order valence-electron chi connectivity index (χ0n) is 17.3. The van der Waals surface area contributed by atoms with Crippen molar-refractivity contribution in [3.8, 4) is 11.5 Å². The Kier molecular flexibility index (Phi) is 6.63. The molecule has 1 N–H and O–H groups in total. The topological polar surface area (TPSA) is 72.8 Å². The molecule has 1 aromatic heterocycles. The number of nitrogens with one attached hydrogen (secondary N) is 1. The molecule has 4 rings (SSSR count). The van der Waals surface area contributed by atoms with Crippen molar-refractivity contribution >= 4 is 34.6 Å². The molecule has 0 atom stereocenters. The molecule has 0 aliphatic carbocycles. The predicted molar refractivity (Wildman–Crippen MR) is 126 cm³/mol. The highest BCUT2D eigenvalue weighted by molar-refractivity contribution is 6.33. The predicted octanol–water partition coefficient (Wildman–Crippen LogP) is 5.24. The molecule has 0 fully saturated rings. The van der Waals surface area contributed by atoms with Crippen molar-refractivity contribution in [1.82, 2.24) is 10.4 Å². The van der Waals surface area contributed by atoms with Gasteiger partial charge in [0.2, 0.25) is 0 Å². The van der Waals surface area contributed by atoms with Gasteiger partial charge in [-0.2, -0.15) is 5.10 Å². The summed E-state index contributed by atoms with van der Waals surface area (Å²) in [6.45, 7) is 0.284. The molecule has 4 aromatic rings. The van der Waals surface area contributed by atoms with Crippen molar-refractivity contribution in [3.05, 3.63) is 101 Å². The summed E-state index contributed by atoms with van der Waals surface area (Å²) in [4.78, 5) is 16.6. The van der Waals surface area contributed by atoms with Crippen molar-refractivity contribution in [2.75, 3.05) is 7.11 Å². The molecule has 0 aliphatic rings. The van der Waals surface area contributed by atoms with Crippen LogP contribution in [0, 0.1) is 0 Å². The number of benzene rings is 3. The van der Waals surface area contributed by atoms with Crippen LogP contribution in [-0.4, -0.2) is 24.2 Å². The van der Waals surface area contributed by atoms with Gasteiger partial charge in [0.15, 0.2) is 0 Å². The van der Waals surface area contributed by atoms with E-state index in [9.17, 15) is 4.79 Å². The first-order valence-electron chi connectivity index (χ1n) is 9.87. The van der Waals surface area contributed by atoms with Crippen LogP contribution in [0.3, 0.4) is 0 Å². The third kappa shape index (κ3) is 4.87. The number of para-hydroxylation sites is 1. The lowest BCUT2D eigenvalue weighted by Gasteiger charge is -2.12. The van der Waals surface area contributed by atoms with Gasteiger partial charge in [-0.3, -0.25) is 9.78 Å². The lowest BCUT2D eigenvalue weighted by molar-refractivity contribution is 0.0955. The van der Waals surface area contributed by atoms with Crippen LogP contribution in [0.2, 0.25) is 5.02 Å². The van der Waals surface area contributed by atoms with E-state index >= 15 is 0 Å². The van der Waals surface area contributed by atoms with E-state index in [0.717, 1.165) is 22.0 Å². The summed E-state index contributed by atoms with van der Waals surface area (Å²) in [7, 11) is 1.61. The largest absolute Gasteiger partial charge is 0.496 e. The molecule has 0 unspecified atom stereocenters. The maximum Gasteiger partial charge on any atom is 0.272 e. The number of hydrazone groups is 1. The number of fused-ring (bicyclic) bond motifs is 1. The minimum Gasteiger partial charge on any atom is -0.496 e. The molecular weight excluding hydrogens is 426 g/mol. The fourth-order valence-electron chi connectivity index (χ4n) is 3.21. The van der Waals surface area contributed by atoms with Crippen molar-refractivity contribution in [3.63, 3.8) is 0 Å². The average Bonchev–Trinajstić information content (AvgIpc) is 2.83. The van der Waals surface area contributed by atoms with Gasteiger partial charge in [0.25, 0.3) is 5.91 Å². The molecule has 0 saturated carbocycles. The Bertz CT molecular complexity index is 1290. The Morgan fingerprint density at radius 3 is 2.75 bits per heavy atom. The van der Waals surface area contributed by atoms with Gasteiger partial charge in [-0.15, -0.1) is 0 Å². The quantitative estimate of drug-likeness (QED) is 0.312. The van der Waals surface area contributed by atoms with Crippen molar-refractivity contribution in [2.24, 2.45) is 5.10 Å². The van der Waals surface area contributed by atoms with E-state index in [0.29, 0.717) is 22.1 Å². The van der Waals surface area contributed by atoms with E-state index in [2.05, 4.69) is 15.5 Å². The lowest BCUT2D eigenvalue weighted by atomic mass is 10.1. The van der Waals surface area contributed by atoms with E-state index in [1.807, 2.05) is 48.5 Å². The SMILES string of the molecule is COc1ccc(C=NNC(=O)c2ccccc2Cl)cc1COc1cccc2cccnc12.